The molecule has 0 saturated heterocycles. The predicted molar refractivity (Wildman–Crippen MR) is 108 cm³/mol. The molecule has 0 saturated carbocycles. The Morgan fingerprint density at radius 2 is 1.88 bits per heavy atom. The molecular weight excluding hydrogens is 312 g/mol. The van der Waals surface area contributed by atoms with Gasteiger partial charge in [0.1, 0.15) is 0 Å². The van der Waals surface area contributed by atoms with Crippen molar-refractivity contribution in [3.63, 3.8) is 0 Å². The van der Waals surface area contributed by atoms with Crippen LogP contribution < -0.4 is 0 Å². The van der Waals surface area contributed by atoms with Gasteiger partial charge in [-0.3, -0.25) is 0 Å². The van der Waals surface area contributed by atoms with Crippen LogP contribution in [0.3, 0.4) is 0 Å². The highest BCUT2D eigenvalue weighted by molar-refractivity contribution is 6.74. The van der Waals surface area contributed by atoms with Gasteiger partial charge in [0.15, 0.2) is 8.32 Å². The lowest BCUT2D eigenvalue weighted by Crippen LogP contribution is -2.44. The summed E-state index contributed by atoms with van der Waals surface area (Å²) in [6.45, 7) is 18.1. The van der Waals surface area contributed by atoms with Gasteiger partial charge in [-0.1, -0.05) is 53.7 Å². The topological polar surface area (TPSA) is 29.5 Å². The summed E-state index contributed by atoms with van der Waals surface area (Å²) in [6, 6.07) is 0. The molecule has 1 N–H and O–H groups in total. The first kappa shape index (κ1) is 21.7. The van der Waals surface area contributed by atoms with E-state index in [-0.39, 0.29) is 17.2 Å². The first-order chi connectivity index (χ1) is 11.0. The van der Waals surface area contributed by atoms with Crippen molar-refractivity contribution in [2.75, 3.05) is 0 Å². The zero-order valence-electron chi connectivity index (χ0n) is 17.3. The molecule has 24 heavy (non-hydrogen) atoms. The first-order valence-corrected chi connectivity index (χ1v) is 12.6. The lowest BCUT2D eigenvalue weighted by molar-refractivity contribution is 0.179. The van der Waals surface area contributed by atoms with Crippen LogP contribution in [0.4, 0.5) is 0 Å². The van der Waals surface area contributed by atoms with E-state index in [1.54, 1.807) is 0 Å². The number of hydrogen-bond acceptors (Lipinski definition) is 2. The maximum atomic E-state index is 10.7. The minimum atomic E-state index is -1.80. The Kier molecular flexibility index (Phi) is 7.96. The van der Waals surface area contributed by atoms with Gasteiger partial charge in [-0.2, -0.15) is 0 Å². The number of hydrogen-bond donors (Lipinski definition) is 1. The van der Waals surface area contributed by atoms with Crippen molar-refractivity contribution in [1.29, 1.82) is 0 Å². The standard InChI is InChI=1S/C21H40O2Si/c1-9-10-11-12-18-17(19(22)15-16(2)3)13-14-20(18)23-24(7,8)21(4,5)6/h10-11,16,19-20,22H,9,12-15H2,1-8H3/b11-10-. The van der Waals surface area contributed by atoms with Crippen molar-refractivity contribution in [1.82, 2.24) is 0 Å². The number of aliphatic hydroxyl groups excluding tert-OH is 1. The third-order valence-corrected chi connectivity index (χ3v) is 10.0. The molecule has 0 aromatic rings. The molecule has 0 amide bonds. The summed E-state index contributed by atoms with van der Waals surface area (Å²) in [6.07, 6.45) is 9.24. The minimum Gasteiger partial charge on any atom is -0.410 e. The van der Waals surface area contributed by atoms with Gasteiger partial charge in [0.05, 0.1) is 12.2 Å². The second-order valence-electron chi connectivity index (χ2n) is 9.19. The molecule has 0 heterocycles. The van der Waals surface area contributed by atoms with Crippen LogP contribution in [0.25, 0.3) is 0 Å². The SMILES string of the molecule is CC/C=C\CC1=C(C(O)CC(C)C)CCC1O[Si](C)(C)C(C)(C)C. The molecule has 140 valence electrons. The molecule has 0 bridgehead atoms. The average molecular weight is 353 g/mol. The zero-order valence-corrected chi connectivity index (χ0v) is 18.3. The maximum absolute atomic E-state index is 10.7. The highest BCUT2D eigenvalue weighted by atomic mass is 28.4. The van der Waals surface area contributed by atoms with E-state index in [1.165, 1.54) is 11.1 Å². The number of allylic oxidation sites excluding steroid dienone is 2. The third kappa shape index (κ3) is 5.85. The van der Waals surface area contributed by atoms with E-state index in [0.717, 1.165) is 32.1 Å². The number of aliphatic hydroxyl groups is 1. The second kappa shape index (κ2) is 8.82. The molecule has 1 aliphatic rings. The second-order valence-corrected chi connectivity index (χ2v) is 13.9. The monoisotopic (exact) mass is 352 g/mol. The van der Waals surface area contributed by atoms with Crippen molar-refractivity contribution in [3.8, 4) is 0 Å². The van der Waals surface area contributed by atoms with Crippen molar-refractivity contribution in [3.05, 3.63) is 23.3 Å². The Labute approximate surface area is 151 Å². The summed E-state index contributed by atoms with van der Waals surface area (Å²) < 4.78 is 6.73. The molecule has 0 aliphatic heterocycles. The van der Waals surface area contributed by atoms with Crippen LogP contribution in [0, 0.1) is 5.92 Å². The third-order valence-electron chi connectivity index (χ3n) is 5.56. The fraction of sp³-hybridized carbons (Fsp3) is 0.810. The molecule has 3 heteroatoms. The van der Waals surface area contributed by atoms with Gasteiger partial charge in [0, 0.05) is 0 Å². The molecule has 0 aromatic heterocycles. The van der Waals surface area contributed by atoms with Gasteiger partial charge in [-0.25, -0.2) is 0 Å². The summed E-state index contributed by atoms with van der Waals surface area (Å²) in [5, 5.41) is 10.9. The Balaban J connectivity index is 3.03. The van der Waals surface area contributed by atoms with Crippen molar-refractivity contribution >= 4 is 8.32 Å². The van der Waals surface area contributed by atoms with Crippen molar-refractivity contribution in [2.45, 2.75) is 104 Å². The fourth-order valence-corrected chi connectivity index (χ4v) is 4.42. The van der Waals surface area contributed by atoms with Crippen LogP contribution in [-0.4, -0.2) is 25.6 Å². The molecular formula is C21H40O2Si. The normalized spacial score (nSPS) is 21.3. The molecule has 0 spiro atoms. The molecule has 2 unspecified atom stereocenters. The highest BCUT2D eigenvalue weighted by Crippen LogP contribution is 2.42. The fourth-order valence-electron chi connectivity index (χ4n) is 3.10. The molecule has 1 rings (SSSR count). The molecule has 0 fully saturated rings. The van der Waals surface area contributed by atoms with Crippen molar-refractivity contribution in [2.24, 2.45) is 5.92 Å². The largest absolute Gasteiger partial charge is 0.410 e. The Morgan fingerprint density at radius 1 is 1.25 bits per heavy atom. The minimum absolute atomic E-state index is 0.198. The van der Waals surface area contributed by atoms with Gasteiger partial charge in [-0.15, -0.1) is 0 Å². The van der Waals surface area contributed by atoms with Crippen LogP contribution in [0.1, 0.15) is 73.6 Å². The van der Waals surface area contributed by atoms with E-state index in [2.05, 4.69) is 66.8 Å². The summed E-state index contributed by atoms with van der Waals surface area (Å²) in [7, 11) is -1.80. The van der Waals surface area contributed by atoms with E-state index in [9.17, 15) is 5.11 Å². The Bertz CT molecular complexity index is 455. The quantitative estimate of drug-likeness (QED) is 0.414. The van der Waals surface area contributed by atoms with Crippen LogP contribution in [0.15, 0.2) is 23.3 Å². The first-order valence-electron chi connectivity index (χ1n) is 9.72. The molecule has 1 aliphatic carbocycles. The van der Waals surface area contributed by atoms with Crippen molar-refractivity contribution < 1.29 is 9.53 Å². The van der Waals surface area contributed by atoms with Gasteiger partial charge in [0.25, 0.3) is 0 Å². The van der Waals surface area contributed by atoms with Gasteiger partial charge < -0.3 is 9.53 Å². The van der Waals surface area contributed by atoms with Crippen LogP contribution in [0.2, 0.25) is 18.1 Å². The zero-order chi connectivity index (χ0) is 18.5. The van der Waals surface area contributed by atoms with E-state index < -0.39 is 8.32 Å². The predicted octanol–water partition coefficient (Wildman–Crippen LogP) is 6.23. The summed E-state index contributed by atoms with van der Waals surface area (Å²) in [4.78, 5) is 0. The smallest absolute Gasteiger partial charge is 0.192 e. The molecule has 2 atom stereocenters. The van der Waals surface area contributed by atoms with E-state index in [0.29, 0.717) is 5.92 Å². The Morgan fingerprint density at radius 3 is 2.38 bits per heavy atom. The number of rotatable bonds is 8. The summed E-state index contributed by atoms with van der Waals surface area (Å²) in [5.74, 6) is 0.514. The van der Waals surface area contributed by atoms with Gasteiger partial charge in [0.2, 0.25) is 0 Å². The van der Waals surface area contributed by atoms with Crippen LogP contribution in [-0.2, 0) is 4.43 Å². The lowest BCUT2D eigenvalue weighted by Gasteiger charge is -2.39. The van der Waals surface area contributed by atoms with Crippen LogP contribution in [0.5, 0.6) is 0 Å². The summed E-state index contributed by atoms with van der Waals surface area (Å²) in [5.41, 5.74) is 2.62. The van der Waals surface area contributed by atoms with Gasteiger partial charge in [-0.05, 0) is 67.3 Å². The maximum Gasteiger partial charge on any atom is 0.192 e. The average Bonchev–Trinajstić information content (AvgIpc) is 2.79. The molecule has 2 nitrogen and oxygen atoms in total. The van der Waals surface area contributed by atoms with Gasteiger partial charge >= 0.3 is 0 Å². The lowest BCUT2D eigenvalue weighted by atomic mass is 9.95. The molecule has 0 aromatic carbocycles. The van der Waals surface area contributed by atoms with E-state index in [4.69, 9.17) is 4.43 Å². The summed E-state index contributed by atoms with van der Waals surface area (Å²) >= 11 is 0. The molecule has 0 radical (unpaired) electrons. The van der Waals surface area contributed by atoms with Crippen LogP contribution >= 0.6 is 0 Å². The van der Waals surface area contributed by atoms with E-state index in [1.807, 2.05) is 0 Å². The highest BCUT2D eigenvalue weighted by Gasteiger charge is 2.41. The van der Waals surface area contributed by atoms with E-state index >= 15 is 0 Å². The Hall–Kier alpha value is -0.383.